The zero-order valence-electron chi connectivity index (χ0n) is 11.4. The van der Waals surface area contributed by atoms with Gasteiger partial charge in [0.15, 0.2) is 0 Å². The summed E-state index contributed by atoms with van der Waals surface area (Å²) >= 11 is 3.37. The van der Waals surface area contributed by atoms with Crippen LogP contribution in [0.5, 0.6) is 0 Å². The number of rotatable bonds is 6. The molecule has 0 amide bonds. The fourth-order valence-corrected chi connectivity index (χ4v) is 3.45. The number of hydrogen-bond donors (Lipinski definition) is 1. The van der Waals surface area contributed by atoms with Gasteiger partial charge in [-0.3, -0.25) is 0 Å². The molecule has 0 fully saturated rings. The third-order valence-corrected chi connectivity index (χ3v) is 4.96. The second-order valence-electron chi connectivity index (χ2n) is 4.48. The number of nitrogen functional groups attached to an aromatic ring is 1. The Kier molecular flexibility index (Phi) is 4.57. The van der Waals surface area contributed by atoms with Crippen LogP contribution in [-0.4, -0.2) is 15.9 Å². The summed E-state index contributed by atoms with van der Waals surface area (Å²) in [6.45, 7) is 0. The van der Waals surface area contributed by atoms with Gasteiger partial charge in [0.1, 0.15) is 0 Å². The number of anilines is 1. The van der Waals surface area contributed by atoms with E-state index in [0.717, 1.165) is 34.1 Å². The molecule has 2 heterocycles. The van der Waals surface area contributed by atoms with Crippen molar-refractivity contribution in [3.8, 4) is 10.7 Å². The van der Waals surface area contributed by atoms with Gasteiger partial charge in [0.05, 0.1) is 4.88 Å². The molecular formula is C15H15N3OS2. The van der Waals surface area contributed by atoms with Crippen LogP contribution in [0.2, 0.25) is 0 Å². The molecule has 3 rings (SSSR count). The second kappa shape index (κ2) is 6.78. The number of aromatic nitrogens is 2. The first-order valence-corrected chi connectivity index (χ1v) is 8.53. The number of nitrogens with zero attached hydrogens (tertiary/aromatic N) is 2. The van der Waals surface area contributed by atoms with E-state index < -0.39 is 0 Å². The first-order valence-electron chi connectivity index (χ1n) is 6.67. The molecule has 3 aromatic rings. The second-order valence-corrected chi connectivity index (χ2v) is 6.56. The molecule has 0 saturated carbocycles. The average Bonchev–Trinajstić information content (AvgIpc) is 3.16. The van der Waals surface area contributed by atoms with Crippen LogP contribution in [0.1, 0.15) is 12.3 Å². The summed E-state index contributed by atoms with van der Waals surface area (Å²) < 4.78 is 5.28. The van der Waals surface area contributed by atoms with Crippen LogP contribution in [0.25, 0.3) is 10.7 Å². The van der Waals surface area contributed by atoms with E-state index >= 15 is 0 Å². The fourth-order valence-electron chi connectivity index (χ4n) is 1.88. The van der Waals surface area contributed by atoms with E-state index in [1.165, 1.54) is 0 Å². The van der Waals surface area contributed by atoms with Crippen LogP contribution in [0.3, 0.4) is 0 Å². The molecule has 2 N–H and O–H groups in total. The maximum absolute atomic E-state index is 5.91. The SMILES string of the molecule is Nc1ccccc1SCCCc1nc(-c2cccs2)no1. The maximum atomic E-state index is 5.91. The zero-order chi connectivity index (χ0) is 14.5. The van der Waals surface area contributed by atoms with E-state index in [9.17, 15) is 0 Å². The summed E-state index contributed by atoms with van der Waals surface area (Å²) in [4.78, 5) is 6.58. The van der Waals surface area contributed by atoms with Crippen molar-refractivity contribution in [1.29, 1.82) is 0 Å². The molecule has 0 saturated heterocycles. The summed E-state index contributed by atoms with van der Waals surface area (Å²) in [5.74, 6) is 2.35. The summed E-state index contributed by atoms with van der Waals surface area (Å²) in [5, 5.41) is 6.01. The zero-order valence-corrected chi connectivity index (χ0v) is 13.0. The van der Waals surface area contributed by atoms with Crippen molar-refractivity contribution in [2.75, 3.05) is 11.5 Å². The van der Waals surface area contributed by atoms with Crippen LogP contribution in [0.15, 0.2) is 51.2 Å². The lowest BCUT2D eigenvalue weighted by molar-refractivity contribution is 0.378. The molecule has 0 atom stereocenters. The molecule has 0 bridgehead atoms. The Morgan fingerprint density at radius 2 is 2.10 bits per heavy atom. The minimum absolute atomic E-state index is 0.681. The van der Waals surface area contributed by atoms with Gasteiger partial charge in [0, 0.05) is 17.0 Å². The Bertz CT molecular complexity index is 695. The molecule has 21 heavy (non-hydrogen) atoms. The Balaban J connectivity index is 1.49. The third kappa shape index (κ3) is 3.65. The van der Waals surface area contributed by atoms with Gasteiger partial charge >= 0.3 is 0 Å². The van der Waals surface area contributed by atoms with E-state index in [-0.39, 0.29) is 0 Å². The normalized spacial score (nSPS) is 10.9. The first kappa shape index (κ1) is 14.2. The van der Waals surface area contributed by atoms with Crippen molar-refractivity contribution in [1.82, 2.24) is 10.1 Å². The van der Waals surface area contributed by atoms with Crippen molar-refractivity contribution < 1.29 is 4.52 Å². The highest BCUT2D eigenvalue weighted by Gasteiger charge is 2.09. The van der Waals surface area contributed by atoms with E-state index in [4.69, 9.17) is 10.3 Å². The Morgan fingerprint density at radius 3 is 2.90 bits per heavy atom. The quantitative estimate of drug-likeness (QED) is 0.421. The Labute approximate surface area is 131 Å². The molecule has 4 nitrogen and oxygen atoms in total. The lowest BCUT2D eigenvalue weighted by Crippen LogP contribution is -1.91. The minimum atomic E-state index is 0.681. The predicted octanol–water partition coefficient (Wildman–Crippen LogP) is 4.11. The van der Waals surface area contributed by atoms with Crippen molar-refractivity contribution in [2.45, 2.75) is 17.7 Å². The van der Waals surface area contributed by atoms with Crippen molar-refractivity contribution in [3.63, 3.8) is 0 Å². The van der Waals surface area contributed by atoms with Gasteiger partial charge in [-0.1, -0.05) is 23.4 Å². The van der Waals surface area contributed by atoms with Crippen molar-refractivity contribution >= 4 is 28.8 Å². The van der Waals surface area contributed by atoms with Gasteiger partial charge in [-0.05, 0) is 35.8 Å². The molecule has 2 aromatic heterocycles. The smallest absolute Gasteiger partial charge is 0.227 e. The number of thioether (sulfide) groups is 1. The first-order chi connectivity index (χ1) is 10.3. The van der Waals surface area contributed by atoms with Crippen molar-refractivity contribution in [2.24, 2.45) is 0 Å². The minimum Gasteiger partial charge on any atom is -0.398 e. The van der Waals surface area contributed by atoms with Crippen LogP contribution in [-0.2, 0) is 6.42 Å². The Hall–Kier alpha value is -1.79. The molecule has 6 heteroatoms. The molecule has 1 aromatic carbocycles. The summed E-state index contributed by atoms with van der Waals surface area (Å²) in [6.07, 6.45) is 1.77. The lowest BCUT2D eigenvalue weighted by Gasteiger charge is -2.03. The summed E-state index contributed by atoms with van der Waals surface area (Å²) in [7, 11) is 0. The molecule has 0 radical (unpaired) electrons. The van der Waals surface area contributed by atoms with Crippen LogP contribution in [0.4, 0.5) is 5.69 Å². The molecule has 0 spiro atoms. The fraction of sp³-hybridized carbons (Fsp3) is 0.200. The van der Waals surface area contributed by atoms with Gasteiger partial charge in [-0.25, -0.2) is 0 Å². The highest BCUT2D eigenvalue weighted by Crippen LogP contribution is 2.25. The van der Waals surface area contributed by atoms with Crippen LogP contribution >= 0.6 is 23.1 Å². The number of aryl methyl sites for hydroxylation is 1. The number of hydrogen-bond acceptors (Lipinski definition) is 6. The number of thiophene rings is 1. The van der Waals surface area contributed by atoms with E-state index in [1.807, 2.05) is 41.8 Å². The topological polar surface area (TPSA) is 64.9 Å². The van der Waals surface area contributed by atoms with Gasteiger partial charge in [0.2, 0.25) is 11.7 Å². The van der Waals surface area contributed by atoms with Crippen LogP contribution < -0.4 is 5.73 Å². The van der Waals surface area contributed by atoms with Crippen LogP contribution in [0, 0.1) is 0 Å². The molecule has 0 aliphatic carbocycles. The number of benzene rings is 1. The highest BCUT2D eigenvalue weighted by atomic mass is 32.2. The lowest BCUT2D eigenvalue weighted by atomic mass is 10.3. The van der Waals surface area contributed by atoms with Gasteiger partial charge in [-0.2, -0.15) is 4.98 Å². The number of para-hydroxylation sites is 1. The summed E-state index contributed by atoms with van der Waals surface area (Å²) in [5.41, 5.74) is 6.74. The standard InChI is InChI=1S/C15H15N3OS2/c16-11-5-1-2-6-12(11)20-10-4-8-14-17-15(18-19-14)13-7-3-9-21-13/h1-3,5-7,9H,4,8,10,16H2. The molecule has 108 valence electrons. The maximum Gasteiger partial charge on any atom is 0.227 e. The molecule has 0 aliphatic rings. The van der Waals surface area contributed by atoms with E-state index in [0.29, 0.717) is 11.7 Å². The van der Waals surface area contributed by atoms with E-state index in [2.05, 4.69) is 10.1 Å². The molecule has 0 aliphatic heterocycles. The summed E-state index contributed by atoms with van der Waals surface area (Å²) in [6, 6.07) is 11.9. The van der Waals surface area contributed by atoms with Gasteiger partial charge in [-0.15, -0.1) is 23.1 Å². The third-order valence-electron chi connectivity index (χ3n) is 2.92. The van der Waals surface area contributed by atoms with Gasteiger partial charge < -0.3 is 10.3 Å². The number of nitrogens with two attached hydrogens (primary N) is 1. The van der Waals surface area contributed by atoms with Gasteiger partial charge in [0.25, 0.3) is 0 Å². The van der Waals surface area contributed by atoms with E-state index in [1.54, 1.807) is 23.1 Å². The molecule has 0 unspecified atom stereocenters. The average molecular weight is 317 g/mol. The Morgan fingerprint density at radius 1 is 1.19 bits per heavy atom. The largest absolute Gasteiger partial charge is 0.398 e. The molecular weight excluding hydrogens is 302 g/mol. The monoisotopic (exact) mass is 317 g/mol. The van der Waals surface area contributed by atoms with Crippen molar-refractivity contribution in [3.05, 3.63) is 47.7 Å². The predicted molar refractivity (Wildman–Crippen MR) is 87.5 cm³/mol. The highest BCUT2D eigenvalue weighted by molar-refractivity contribution is 7.99.